The van der Waals surface area contributed by atoms with Gasteiger partial charge in [-0.1, -0.05) is 18.2 Å². The van der Waals surface area contributed by atoms with Crippen molar-refractivity contribution in [3.8, 4) is 5.75 Å². The second-order valence-corrected chi connectivity index (χ2v) is 9.18. The van der Waals surface area contributed by atoms with Crippen molar-refractivity contribution in [2.45, 2.75) is 32.1 Å². The Bertz CT molecular complexity index is 1090. The molecular weight excluding hydrogens is 404 g/mol. The van der Waals surface area contributed by atoms with Crippen molar-refractivity contribution in [2.24, 2.45) is 4.99 Å². The van der Waals surface area contributed by atoms with Gasteiger partial charge in [0.1, 0.15) is 12.3 Å². The molecule has 1 aliphatic rings. The minimum Gasteiger partial charge on any atom is -0.429 e. The molecule has 0 spiro atoms. The third-order valence-electron chi connectivity index (χ3n) is 5.23. The van der Waals surface area contributed by atoms with Crippen LogP contribution in [-0.2, 0) is 20.3 Å². The van der Waals surface area contributed by atoms with Crippen molar-refractivity contribution >= 4 is 39.9 Å². The van der Waals surface area contributed by atoms with E-state index in [1.54, 1.807) is 6.07 Å². The third kappa shape index (κ3) is 5.01. The first kappa shape index (κ1) is 21.9. The van der Waals surface area contributed by atoms with Crippen molar-refractivity contribution in [1.29, 1.82) is 0 Å². The molecule has 0 saturated carbocycles. The van der Waals surface area contributed by atoms with E-state index in [0.717, 1.165) is 22.6 Å². The standard InChI is InChI=1S/C22H24N2O5S/c1-22(2)19-15-18(29-16-25)9-10-20(19)24(13-6-14-30(26,27)28)21(22)11-12-23-17-7-4-3-5-8-17/h3-5,7-10,12,15-16H,6,11,13-14H2,1-2H3/p+1. The van der Waals surface area contributed by atoms with Crippen LogP contribution in [0.3, 0.4) is 0 Å². The Morgan fingerprint density at radius 1 is 1.17 bits per heavy atom. The lowest BCUT2D eigenvalue weighted by atomic mass is 9.80. The average molecular weight is 430 g/mol. The molecule has 2 aromatic carbocycles. The fourth-order valence-corrected chi connectivity index (χ4v) is 4.29. The Morgan fingerprint density at radius 3 is 2.57 bits per heavy atom. The van der Waals surface area contributed by atoms with Gasteiger partial charge in [-0.25, -0.2) is 0 Å². The van der Waals surface area contributed by atoms with Crippen LogP contribution in [0.1, 0.15) is 32.3 Å². The van der Waals surface area contributed by atoms with Crippen LogP contribution in [0.4, 0.5) is 11.4 Å². The molecule has 0 radical (unpaired) electrons. The summed E-state index contributed by atoms with van der Waals surface area (Å²) in [6, 6.07) is 15.0. The molecule has 1 N–H and O–H groups in total. The van der Waals surface area contributed by atoms with E-state index in [1.165, 1.54) is 0 Å². The van der Waals surface area contributed by atoms with Crippen LogP contribution in [0, 0.1) is 0 Å². The van der Waals surface area contributed by atoms with E-state index in [0.29, 0.717) is 25.2 Å². The fraction of sp³-hybridized carbons (Fsp3) is 0.318. The molecule has 7 nitrogen and oxygen atoms in total. The number of aliphatic imine (C=N–C) groups is 1. The van der Waals surface area contributed by atoms with Crippen LogP contribution >= 0.6 is 0 Å². The Kier molecular flexibility index (Phi) is 6.48. The molecule has 0 bridgehead atoms. The Balaban J connectivity index is 1.94. The predicted molar refractivity (Wildman–Crippen MR) is 116 cm³/mol. The molecule has 158 valence electrons. The number of nitrogens with zero attached hydrogens (tertiary/aromatic N) is 2. The van der Waals surface area contributed by atoms with Crippen LogP contribution < -0.4 is 4.74 Å². The third-order valence-corrected chi connectivity index (χ3v) is 6.03. The molecule has 0 amide bonds. The molecule has 0 atom stereocenters. The number of rotatable bonds is 9. The van der Waals surface area contributed by atoms with Gasteiger partial charge in [-0.3, -0.25) is 14.3 Å². The smallest absolute Gasteiger partial charge is 0.298 e. The van der Waals surface area contributed by atoms with E-state index < -0.39 is 10.1 Å². The molecule has 1 aliphatic heterocycles. The molecule has 0 fully saturated rings. The number of fused-ring (bicyclic) bond motifs is 1. The maximum Gasteiger partial charge on any atom is 0.298 e. The highest BCUT2D eigenvalue weighted by molar-refractivity contribution is 7.85. The molecule has 0 saturated heterocycles. The first-order chi connectivity index (χ1) is 14.2. The lowest BCUT2D eigenvalue weighted by Gasteiger charge is -2.17. The van der Waals surface area contributed by atoms with Crippen LogP contribution in [-0.4, -0.2) is 48.2 Å². The maximum absolute atomic E-state index is 11.2. The van der Waals surface area contributed by atoms with Gasteiger partial charge in [0.2, 0.25) is 5.69 Å². The summed E-state index contributed by atoms with van der Waals surface area (Å²) in [5.41, 5.74) is 3.44. The zero-order valence-corrected chi connectivity index (χ0v) is 17.8. The van der Waals surface area contributed by atoms with Crippen LogP contribution in [0.2, 0.25) is 0 Å². The molecule has 8 heteroatoms. The summed E-state index contributed by atoms with van der Waals surface area (Å²) < 4.78 is 38.5. The Morgan fingerprint density at radius 2 is 1.90 bits per heavy atom. The van der Waals surface area contributed by atoms with Crippen LogP contribution in [0.5, 0.6) is 5.75 Å². The van der Waals surface area contributed by atoms with Crippen LogP contribution in [0.25, 0.3) is 0 Å². The predicted octanol–water partition coefficient (Wildman–Crippen LogP) is 3.67. The normalized spacial score (nSPS) is 15.4. The van der Waals surface area contributed by atoms with Gasteiger partial charge in [0.05, 0.1) is 23.3 Å². The van der Waals surface area contributed by atoms with E-state index in [2.05, 4.69) is 23.4 Å². The first-order valence-electron chi connectivity index (χ1n) is 9.64. The average Bonchev–Trinajstić information content (AvgIpc) is 2.89. The van der Waals surface area contributed by atoms with Crippen molar-refractivity contribution in [1.82, 2.24) is 0 Å². The van der Waals surface area contributed by atoms with Gasteiger partial charge in [-0.05, 0) is 38.1 Å². The Labute approximate surface area is 176 Å². The topological polar surface area (TPSA) is 96.0 Å². The lowest BCUT2D eigenvalue weighted by Crippen LogP contribution is -2.30. The number of hydrogen-bond donors (Lipinski definition) is 1. The number of carbonyl (C=O) groups excluding carboxylic acids is 1. The molecule has 30 heavy (non-hydrogen) atoms. The zero-order valence-electron chi connectivity index (χ0n) is 17.0. The number of carbonyl (C=O) groups is 1. The number of benzene rings is 2. The van der Waals surface area contributed by atoms with Gasteiger partial charge in [0, 0.05) is 24.3 Å². The van der Waals surface area contributed by atoms with E-state index in [1.807, 2.05) is 48.7 Å². The molecular formula is C22H25N2O5S+. The molecule has 2 aromatic rings. The fourth-order valence-electron chi connectivity index (χ4n) is 3.80. The number of ether oxygens (including phenoxy) is 1. The second-order valence-electron chi connectivity index (χ2n) is 7.61. The van der Waals surface area contributed by atoms with Crippen molar-refractivity contribution in [3.05, 3.63) is 54.1 Å². The van der Waals surface area contributed by atoms with E-state index in [4.69, 9.17) is 9.29 Å². The van der Waals surface area contributed by atoms with E-state index in [-0.39, 0.29) is 17.6 Å². The first-order valence-corrected chi connectivity index (χ1v) is 11.2. The summed E-state index contributed by atoms with van der Waals surface area (Å²) in [5.74, 6) is 0.144. The van der Waals surface area contributed by atoms with Gasteiger partial charge in [0.25, 0.3) is 16.6 Å². The molecule has 3 rings (SSSR count). The monoisotopic (exact) mass is 429 g/mol. The summed E-state index contributed by atoms with van der Waals surface area (Å²) in [6.45, 7) is 4.97. The van der Waals surface area contributed by atoms with Gasteiger partial charge in [0.15, 0.2) is 5.71 Å². The Hall–Kier alpha value is -2.84. The number of hydrogen-bond acceptors (Lipinski definition) is 5. The summed E-state index contributed by atoms with van der Waals surface area (Å²) in [7, 11) is -4.03. The second kappa shape index (κ2) is 8.89. The largest absolute Gasteiger partial charge is 0.429 e. The van der Waals surface area contributed by atoms with Gasteiger partial charge in [-0.15, -0.1) is 0 Å². The van der Waals surface area contributed by atoms with E-state index >= 15 is 0 Å². The molecule has 0 aromatic heterocycles. The minimum atomic E-state index is -4.03. The summed E-state index contributed by atoms with van der Waals surface area (Å²) in [5, 5.41) is 0. The highest BCUT2D eigenvalue weighted by atomic mass is 32.2. The van der Waals surface area contributed by atoms with Crippen molar-refractivity contribution < 1.29 is 27.1 Å². The van der Waals surface area contributed by atoms with Crippen molar-refractivity contribution in [3.63, 3.8) is 0 Å². The van der Waals surface area contributed by atoms with E-state index in [9.17, 15) is 13.2 Å². The highest BCUT2D eigenvalue weighted by Crippen LogP contribution is 2.42. The molecule has 0 aliphatic carbocycles. The lowest BCUT2D eigenvalue weighted by molar-refractivity contribution is -0.439. The quantitative estimate of drug-likeness (QED) is 0.284. The van der Waals surface area contributed by atoms with Gasteiger partial charge in [-0.2, -0.15) is 13.0 Å². The van der Waals surface area contributed by atoms with Crippen molar-refractivity contribution in [2.75, 3.05) is 12.3 Å². The zero-order chi connectivity index (χ0) is 21.8. The minimum absolute atomic E-state index is 0.278. The summed E-state index contributed by atoms with van der Waals surface area (Å²) in [6.07, 6.45) is 2.68. The molecule has 0 unspecified atom stereocenters. The highest BCUT2D eigenvalue weighted by Gasteiger charge is 2.45. The molecule has 1 heterocycles. The number of para-hydroxylation sites is 1. The van der Waals surface area contributed by atoms with Gasteiger partial charge >= 0.3 is 0 Å². The SMILES string of the molecule is CC1(C)C(CC=Nc2ccccc2)=[N+](CCCS(=O)(=O)O)c2ccc(OC=O)cc21. The van der Waals surface area contributed by atoms with Gasteiger partial charge < -0.3 is 4.74 Å². The summed E-state index contributed by atoms with van der Waals surface area (Å²) in [4.78, 5) is 15.3. The summed E-state index contributed by atoms with van der Waals surface area (Å²) >= 11 is 0. The maximum atomic E-state index is 11.2. The van der Waals surface area contributed by atoms with Crippen LogP contribution in [0.15, 0.2) is 53.5 Å².